The predicted octanol–water partition coefficient (Wildman–Crippen LogP) is 1.34. The van der Waals surface area contributed by atoms with Gasteiger partial charge in [-0.05, 0) is 26.3 Å². The van der Waals surface area contributed by atoms with E-state index in [0.29, 0.717) is 5.16 Å². The fourth-order valence-electron chi connectivity index (χ4n) is 1.47. The number of thioether (sulfide) groups is 1. The van der Waals surface area contributed by atoms with Crippen molar-refractivity contribution in [1.82, 2.24) is 15.4 Å². The van der Waals surface area contributed by atoms with Crippen LogP contribution in [-0.2, 0) is 4.79 Å². The first-order valence-corrected chi connectivity index (χ1v) is 6.44. The molecule has 1 amide bonds. The molecule has 1 atom stereocenters. The summed E-state index contributed by atoms with van der Waals surface area (Å²) in [5, 5.41) is 0.399. The van der Waals surface area contributed by atoms with Gasteiger partial charge in [0, 0.05) is 11.4 Å². The van der Waals surface area contributed by atoms with Crippen LogP contribution in [0.1, 0.15) is 31.2 Å². The normalized spacial score (nSPS) is 12.2. The number of nitrogens with two attached hydrogens (primary N) is 1. The van der Waals surface area contributed by atoms with Crippen molar-refractivity contribution in [1.29, 1.82) is 0 Å². The molecule has 0 aliphatic heterocycles. The van der Waals surface area contributed by atoms with Gasteiger partial charge in [-0.3, -0.25) is 10.2 Å². The zero-order chi connectivity index (χ0) is 12.8. The lowest BCUT2D eigenvalue weighted by molar-refractivity contribution is -0.120. The zero-order valence-electron chi connectivity index (χ0n) is 10.4. The molecule has 1 aromatic heterocycles. The molecule has 0 spiro atoms. The highest BCUT2D eigenvalue weighted by molar-refractivity contribution is 8.00. The first-order valence-electron chi connectivity index (χ1n) is 5.56. The van der Waals surface area contributed by atoms with Crippen LogP contribution in [0.25, 0.3) is 0 Å². The summed E-state index contributed by atoms with van der Waals surface area (Å²) >= 11 is 1.36. The fraction of sp³-hybridized carbons (Fsp3) is 0.545. The van der Waals surface area contributed by atoms with E-state index >= 15 is 0 Å². The van der Waals surface area contributed by atoms with E-state index in [0.717, 1.165) is 24.2 Å². The van der Waals surface area contributed by atoms with E-state index in [4.69, 9.17) is 5.84 Å². The van der Waals surface area contributed by atoms with Gasteiger partial charge in [-0.25, -0.2) is 15.8 Å². The van der Waals surface area contributed by atoms with Crippen LogP contribution in [0, 0.1) is 13.8 Å². The van der Waals surface area contributed by atoms with E-state index in [1.54, 1.807) is 0 Å². The number of hydrazine groups is 1. The lowest BCUT2D eigenvalue weighted by Gasteiger charge is -2.13. The maximum atomic E-state index is 11.6. The summed E-state index contributed by atoms with van der Waals surface area (Å²) in [7, 11) is 0. The van der Waals surface area contributed by atoms with Gasteiger partial charge < -0.3 is 0 Å². The number of nitrogens with one attached hydrogen (secondary N) is 1. The fourth-order valence-corrected chi connectivity index (χ4v) is 2.65. The topological polar surface area (TPSA) is 80.9 Å². The Labute approximate surface area is 106 Å². The third-order valence-electron chi connectivity index (χ3n) is 2.19. The second-order valence-electron chi connectivity index (χ2n) is 3.84. The van der Waals surface area contributed by atoms with Crippen molar-refractivity contribution in [2.45, 2.75) is 44.0 Å². The van der Waals surface area contributed by atoms with Crippen LogP contribution in [-0.4, -0.2) is 21.1 Å². The number of hydrogen-bond donors (Lipinski definition) is 2. The van der Waals surface area contributed by atoms with Crippen LogP contribution < -0.4 is 11.3 Å². The van der Waals surface area contributed by atoms with E-state index in [9.17, 15) is 4.79 Å². The van der Waals surface area contributed by atoms with Crippen LogP contribution in [0.2, 0.25) is 0 Å². The van der Waals surface area contributed by atoms with Crippen LogP contribution in [0.15, 0.2) is 11.2 Å². The van der Waals surface area contributed by atoms with Crippen LogP contribution in [0.5, 0.6) is 0 Å². The lowest BCUT2D eigenvalue weighted by Crippen LogP contribution is -2.37. The molecule has 0 radical (unpaired) electrons. The average Bonchev–Trinajstić information content (AvgIpc) is 2.26. The van der Waals surface area contributed by atoms with Gasteiger partial charge in [-0.1, -0.05) is 25.1 Å². The van der Waals surface area contributed by atoms with Crippen molar-refractivity contribution in [3.05, 3.63) is 17.5 Å². The van der Waals surface area contributed by atoms with Crippen molar-refractivity contribution in [3.63, 3.8) is 0 Å². The molecule has 0 bridgehead atoms. The molecule has 17 heavy (non-hydrogen) atoms. The maximum Gasteiger partial charge on any atom is 0.247 e. The minimum atomic E-state index is -0.230. The Morgan fingerprint density at radius 3 is 2.53 bits per heavy atom. The smallest absolute Gasteiger partial charge is 0.247 e. The molecule has 1 rings (SSSR count). The minimum Gasteiger partial charge on any atom is -0.293 e. The SMILES string of the molecule is CCCC(Sc1nc(C)cc(C)n1)C(=O)NN. The number of hydrogen-bond acceptors (Lipinski definition) is 5. The Morgan fingerprint density at radius 1 is 1.47 bits per heavy atom. The Kier molecular flexibility index (Phi) is 5.37. The second-order valence-corrected chi connectivity index (χ2v) is 5.01. The van der Waals surface area contributed by atoms with Crippen molar-refractivity contribution in [3.8, 4) is 0 Å². The van der Waals surface area contributed by atoms with Gasteiger partial charge in [-0.15, -0.1) is 0 Å². The number of nitrogens with zero attached hydrogens (tertiary/aromatic N) is 2. The first-order chi connectivity index (χ1) is 8.06. The van der Waals surface area contributed by atoms with Crippen molar-refractivity contribution >= 4 is 17.7 Å². The van der Waals surface area contributed by atoms with Crippen LogP contribution >= 0.6 is 11.8 Å². The largest absolute Gasteiger partial charge is 0.293 e. The van der Waals surface area contributed by atoms with E-state index in [-0.39, 0.29) is 11.2 Å². The molecule has 0 fully saturated rings. The lowest BCUT2D eigenvalue weighted by atomic mass is 10.2. The van der Waals surface area contributed by atoms with E-state index in [1.807, 2.05) is 26.8 Å². The molecule has 0 aliphatic carbocycles. The summed E-state index contributed by atoms with van der Waals surface area (Å²) in [5.74, 6) is 4.98. The van der Waals surface area contributed by atoms with E-state index in [2.05, 4.69) is 15.4 Å². The Morgan fingerprint density at radius 2 is 2.06 bits per heavy atom. The first kappa shape index (κ1) is 13.9. The molecular weight excluding hydrogens is 236 g/mol. The molecule has 1 aromatic rings. The van der Waals surface area contributed by atoms with Crippen molar-refractivity contribution < 1.29 is 4.79 Å². The van der Waals surface area contributed by atoms with E-state index < -0.39 is 0 Å². The highest BCUT2D eigenvalue weighted by Crippen LogP contribution is 2.23. The molecule has 94 valence electrons. The highest BCUT2D eigenvalue weighted by atomic mass is 32.2. The summed E-state index contributed by atoms with van der Waals surface area (Å²) in [6.07, 6.45) is 1.67. The van der Waals surface area contributed by atoms with Gasteiger partial charge in [-0.2, -0.15) is 0 Å². The summed E-state index contributed by atoms with van der Waals surface area (Å²) in [5.41, 5.74) is 4.00. The van der Waals surface area contributed by atoms with Crippen molar-refractivity contribution in [2.75, 3.05) is 0 Å². The Hall–Kier alpha value is -1.14. The number of aryl methyl sites for hydroxylation is 2. The number of rotatable bonds is 5. The summed E-state index contributed by atoms with van der Waals surface area (Å²) in [6, 6.07) is 1.90. The summed E-state index contributed by atoms with van der Waals surface area (Å²) in [6.45, 7) is 5.85. The molecule has 1 heterocycles. The zero-order valence-corrected chi connectivity index (χ0v) is 11.2. The Balaban J connectivity index is 2.81. The number of aromatic nitrogens is 2. The third-order valence-corrected chi connectivity index (χ3v) is 3.32. The number of amides is 1. The van der Waals surface area contributed by atoms with Gasteiger partial charge in [0.15, 0.2) is 5.16 Å². The standard InChI is InChI=1S/C11H18N4OS/c1-4-5-9(10(16)15-12)17-11-13-7(2)6-8(3)14-11/h6,9H,4-5,12H2,1-3H3,(H,15,16). The van der Waals surface area contributed by atoms with Crippen LogP contribution in [0.4, 0.5) is 0 Å². The molecule has 3 N–H and O–H groups in total. The number of carbonyl (C=O) groups excluding carboxylic acids is 1. The second kappa shape index (κ2) is 6.56. The maximum absolute atomic E-state index is 11.6. The molecule has 0 saturated heterocycles. The molecule has 0 saturated carbocycles. The molecule has 1 unspecified atom stereocenters. The van der Waals surface area contributed by atoms with Gasteiger partial charge in [0.2, 0.25) is 5.91 Å². The molecule has 0 aromatic carbocycles. The highest BCUT2D eigenvalue weighted by Gasteiger charge is 2.19. The van der Waals surface area contributed by atoms with Gasteiger partial charge in [0.1, 0.15) is 0 Å². The quantitative estimate of drug-likeness (QED) is 0.272. The summed E-state index contributed by atoms with van der Waals surface area (Å²) in [4.78, 5) is 20.2. The Bertz CT molecular complexity index is 377. The molecule has 5 nitrogen and oxygen atoms in total. The monoisotopic (exact) mass is 254 g/mol. The molecular formula is C11H18N4OS. The van der Waals surface area contributed by atoms with Gasteiger partial charge in [0.05, 0.1) is 5.25 Å². The predicted molar refractivity (Wildman–Crippen MR) is 68.4 cm³/mol. The third kappa shape index (κ3) is 4.32. The van der Waals surface area contributed by atoms with Crippen molar-refractivity contribution in [2.24, 2.45) is 5.84 Å². The summed E-state index contributed by atoms with van der Waals surface area (Å²) < 4.78 is 0. The number of carbonyl (C=O) groups is 1. The van der Waals surface area contributed by atoms with Crippen LogP contribution in [0.3, 0.4) is 0 Å². The molecule has 0 aliphatic rings. The average molecular weight is 254 g/mol. The minimum absolute atomic E-state index is 0.181. The van der Waals surface area contributed by atoms with Gasteiger partial charge >= 0.3 is 0 Å². The molecule has 6 heteroatoms. The van der Waals surface area contributed by atoms with Gasteiger partial charge in [0.25, 0.3) is 0 Å². The van der Waals surface area contributed by atoms with E-state index in [1.165, 1.54) is 11.8 Å².